The minimum Gasteiger partial charge on any atom is -0.395 e. The summed E-state index contributed by atoms with van der Waals surface area (Å²) in [4.78, 5) is 0. The van der Waals surface area contributed by atoms with Crippen LogP contribution in [0.25, 0.3) is 0 Å². The van der Waals surface area contributed by atoms with Gasteiger partial charge in [-0.25, -0.2) is 4.39 Å². The highest BCUT2D eigenvalue weighted by Gasteiger charge is 2.53. The summed E-state index contributed by atoms with van der Waals surface area (Å²) in [5, 5.41) is 3.31. The highest BCUT2D eigenvalue weighted by molar-refractivity contribution is 5.66. The third-order valence-corrected chi connectivity index (χ3v) is 4.02. The van der Waals surface area contributed by atoms with Crippen molar-refractivity contribution in [1.29, 1.82) is 0 Å². The Morgan fingerprint density at radius 1 is 1.38 bits per heavy atom. The van der Waals surface area contributed by atoms with Gasteiger partial charge >= 0.3 is 0 Å². The normalized spacial score (nSPS) is 21.8. The summed E-state index contributed by atoms with van der Waals surface area (Å²) in [5.74, 6) is 0.580. The molecular weight excluding hydrogens is 203 g/mol. The number of anilines is 2. The Balaban J connectivity index is 1.68. The number of nitrogen functional groups attached to an aromatic ring is 1. The van der Waals surface area contributed by atoms with Crippen LogP contribution in [0.2, 0.25) is 0 Å². The van der Waals surface area contributed by atoms with Crippen molar-refractivity contribution in [2.45, 2.75) is 25.7 Å². The van der Waals surface area contributed by atoms with Gasteiger partial charge in [0.2, 0.25) is 0 Å². The zero-order valence-electron chi connectivity index (χ0n) is 9.30. The molecule has 0 radical (unpaired) electrons. The maximum Gasteiger partial charge on any atom is 0.148 e. The van der Waals surface area contributed by atoms with Crippen LogP contribution in [-0.2, 0) is 0 Å². The van der Waals surface area contributed by atoms with Crippen molar-refractivity contribution >= 4 is 11.4 Å². The highest BCUT2D eigenvalue weighted by Crippen LogP contribution is 2.61. The number of hydrogen-bond donors (Lipinski definition) is 2. The molecule has 16 heavy (non-hydrogen) atoms. The fourth-order valence-corrected chi connectivity index (χ4v) is 2.55. The molecule has 0 saturated heterocycles. The van der Waals surface area contributed by atoms with E-state index >= 15 is 0 Å². The molecule has 0 aliphatic heterocycles. The topological polar surface area (TPSA) is 38.0 Å². The first-order valence-electron chi connectivity index (χ1n) is 5.99. The Hall–Kier alpha value is -1.25. The Morgan fingerprint density at radius 2 is 2.12 bits per heavy atom. The number of nitrogens with two attached hydrogens (primary N) is 1. The average molecular weight is 220 g/mol. The Morgan fingerprint density at radius 3 is 2.75 bits per heavy atom. The molecule has 86 valence electrons. The number of rotatable bonds is 4. The summed E-state index contributed by atoms with van der Waals surface area (Å²) in [6.07, 6.45) is 5.39. The van der Waals surface area contributed by atoms with E-state index in [-0.39, 0.29) is 11.5 Å². The van der Waals surface area contributed by atoms with E-state index in [4.69, 9.17) is 5.73 Å². The van der Waals surface area contributed by atoms with Gasteiger partial charge in [0.1, 0.15) is 5.82 Å². The summed E-state index contributed by atoms with van der Waals surface area (Å²) in [6, 6.07) is 4.94. The predicted octanol–water partition coefficient (Wildman–Crippen LogP) is 3.01. The molecule has 0 spiro atoms. The minimum atomic E-state index is -0.332. The van der Waals surface area contributed by atoms with Crippen LogP contribution < -0.4 is 11.1 Å². The van der Waals surface area contributed by atoms with Crippen LogP contribution >= 0.6 is 0 Å². The van der Waals surface area contributed by atoms with Crippen molar-refractivity contribution in [1.82, 2.24) is 0 Å². The van der Waals surface area contributed by atoms with Crippen LogP contribution in [0.5, 0.6) is 0 Å². The molecule has 2 nitrogen and oxygen atoms in total. The number of halogens is 1. The first kappa shape index (κ1) is 9.94. The molecule has 1 aromatic rings. The van der Waals surface area contributed by atoms with E-state index < -0.39 is 0 Å². The molecule has 0 heterocycles. The standard InChI is InChI=1S/C13H17FN2/c14-10-2-1-3-11(12(10)15)16-8-13(6-7-13)9-4-5-9/h1-3,9,16H,4-8,15H2. The summed E-state index contributed by atoms with van der Waals surface area (Å²) in [5.41, 5.74) is 7.19. The van der Waals surface area contributed by atoms with Gasteiger partial charge < -0.3 is 11.1 Å². The molecule has 2 aliphatic carbocycles. The van der Waals surface area contributed by atoms with Crippen LogP contribution in [0.15, 0.2) is 18.2 Å². The maximum absolute atomic E-state index is 13.2. The molecule has 2 aliphatic rings. The second-order valence-corrected chi connectivity index (χ2v) is 5.19. The lowest BCUT2D eigenvalue weighted by Gasteiger charge is -2.17. The fourth-order valence-electron chi connectivity index (χ4n) is 2.55. The van der Waals surface area contributed by atoms with Crippen LogP contribution in [-0.4, -0.2) is 6.54 Å². The Kier molecular flexibility index (Phi) is 2.09. The van der Waals surface area contributed by atoms with Gasteiger partial charge in [-0.1, -0.05) is 6.07 Å². The van der Waals surface area contributed by atoms with Gasteiger partial charge in [0.15, 0.2) is 0 Å². The van der Waals surface area contributed by atoms with Crippen LogP contribution in [0.3, 0.4) is 0 Å². The van der Waals surface area contributed by atoms with E-state index in [1.807, 2.05) is 6.07 Å². The van der Waals surface area contributed by atoms with Crippen LogP contribution in [0.4, 0.5) is 15.8 Å². The lowest BCUT2D eigenvalue weighted by molar-refractivity contribution is 0.467. The summed E-state index contributed by atoms with van der Waals surface area (Å²) < 4.78 is 13.2. The number of para-hydroxylation sites is 1. The predicted molar refractivity (Wildman–Crippen MR) is 63.7 cm³/mol. The SMILES string of the molecule is Nc1c(F)cccc1NCC1(C2CC2)CC1. The van der Waals surface area contributed by atoms with Crippen molar-refractivity contribution in [2.24, 2.45) is 11.3 Å². The molecular formula is C13H17FN2. The second-order valence-electron chi connectivity index (χ2n) is 5.19. The molecule has 3 N–H and O–H groups in total. The van der Waals surface area contributed by atoms with E-state index in [1.165, 1.54) is 31.7 Å². The van der Waals surface area contributed by atoms with E-state index in [1.54, 1.807) is 6.07 Å². The number of nitrogens with one attached hydrogen (secondary N) is 1. The first-order valence-corrected chi connectivity index (χ1v) is 5.99. The van der Waals surface area contributed by atoms with Crippen molar-refractivity contribution in [2.75, 3.05) is 17.6 Å². The van der Waals surface area contributed by atoms with E-state index in [2.05, 4.69) is 5.32 Å². The molecule has 0 bridgehead atoms. The molecule has 3 rings (SSSR count). The monoisotopic (exact) mass is 220 g/mol. The van der Waals surface area contributed by atoms with Gasteiger partial charge in [-0.3, -0.25) is 0 Å². The smallest absolute Gasteiger partial charge is 0.148 e. The number of hydrogen-bond acceptors (Lipinski definition) is 2. The average Bonchev–Trinajstić information content (AvgIpc) is 3.14. The van der Waals surface area contributed by atoms with Gasteiger partial charge in [-0.2, -0.15) is 0 Å². The van der Waals surface area contributed by atoms with Gasteiger partial charge in [-0.15, -0.1) is 0 Å². The zero-order valence-corrected chi connectivity index (χ0v) is 9.30. The van der Waals surface area contributed by atoms with Crippen molar-refractivity contribution in [3.8, 4) is 0 Å². The third-order valence-electron chi connectivity index (χ3n) is 4.02. The first-order chi connectivity index (χ1) is 7.71. The maximum atomic E-state index is 13.2. The molecule has 3 heteroatoms. The zero-order chi connectivity index (χ0) is 11.2. The number of benzene rings is 1. The molecule has 1 aromatic carbocycles. The minimum absolute atomic E-state index is 0.245. The molecule has 2 fully saturated rings. The molecule has 0 unspecified atom stereocenters. The van der Waals surface area contributed by atoms with E-state index in [9.17, 15) is 4.39 Å². The summed E-state index contributed by atoms with van der Waals surface area (Å²) in [6.45, 7) is 0.950. The summed E-state index contributed by atoms with van der Waals surface area (Å²) >= 11 is 0. The van der Waals surface area contributed by atoms with Gasteiger partial charge in [0.25, 0.3) is 0 Å². The van der Waals surface area contributed by atoms with Crippen molar-refractivity contribution in [3.05, 3.63) is 24.0 Å². The van der Waals surface area contributed by atoms with E-state index in [0.29, 0.717) is 5.41 Å². The Labute approximate surface area is 95.0 Å². The van der Waals surface area contributed by atoms with E-state index in [0.717, 1.165) is 18.2 Å². The molecule has 2 saturated carbocycles. The lowest BCUT2D eigenvalue weighted by atomic mass is 10.0. The molecule has 0 atom stereocenters. The quantitative estimate of drug-likeness (QED) is 0.765. The Bertz CT molecular complexity index is 408. The molecule has 0 aromatic heterocycles. The second kappa shape index (κ2) is 3.37. The lowest BCUT2D eigenvalue weighted by Crippen LogP contribution is -2.18. The van der Waals surface area contributed by atoms with Crippen LogP contribution in [0.1, 0.15) is 25.7 Å². The summed E-state index contributed by atoms with van der Waals surface area (Å²) in [7, 11) is 0. The van der Waals surface area contributed by atoms with Gasteiger partial charge in [-0.05, 0) is 49.1 Å². The third kappa shape index (κ3) is 1.64. The van der Waals surface area contributed by atoms with Gasteiger partial charge in [0.05, 0.1) is 11.4 Å². The molecule has 0 amide bonds. The highest BCUT2D eigenvalue weighted by atomic mass is 19.1. The van der Waals surface area contributed by atoms with Crippen LogP contribution in [0, 0.1) is 17.2 Å². The fraction of sp³-hybridized carbons (Fsp3) is 0.538. The van der Waals surface area contributed by atoms with Crippen molar-refractivity contribution < 1.29 is 4.39 Å². The largest absolute Gasteiger partial charge is 0.395 e. The van der Waals surface area contributed by atoms with Crippen molar-refractivity contribution in [3.63, 3.8) is 0 Å². The van der Waals surface area contributed by atoms with Gasteiger partial charge in [0, 0.05) is 6.54 Å².